The van der Waals surface area contributed by atoms with Gasteiger partial charge in [0.25, 0.3) is 0 Å². The van der Waals surface area contributed by atoms with E-state index in [0.29, 0.717) is 25.0 Å². The van der Waals surface area contributed by atoms with Gasteiger partial charge in [-0.25, -0.2) is 0 Å². The fourth-order valence-corrected chi connectivity index (χ4v) is 2.07. The molecule has 98 valence electrons. The van der Waals surface area contributed by atoms with Gasteiger partial charge in [0, 0.05) is 13.7 Å². The Hall–Kier alpha value is -0.590. The van der Waals surface area contributed by atoms with Crippen molar-refractivity contribution in [2.24, 2.45) is 5.92 Å². The van der Waals surface area contributed by atoms with Gasteiger partial charge in [0.2, 0.25) is 5.89 Å². The minimum atomic E-state index is 0.602. The largest absolute Gasteiger partial charge is 0.383 e. The fourth-order valence-electron chi connectivity index (χ4n) is 1.18. The van der Waals surface area contributed by atoms with Crippen LogP contribution in [0.4, 0.5) is 0 Å². The van der Waals surface area contributed by atoms with Crippen LogP contribution in [0, 0.1) is 5.92 Å². The number of hydrogen-bond donors (Lipinski definition) is 1. The summed E-state index contributed by atoms with van der Waals surface area (Å²) in [6, 6.07) is 0. The number of aromatic nitrogens is 2. The second kappa shape index (κ2) is 8.49. The first kappa shape index (κ1) is 14.5. The highest BCUT2D eigenvalue weighted by Crippen LogP contribution is 2.12. The Balaban J connectivity index is 2.18. The molecule has 17 heavy (non-hydrogen) atoms. The highest BCUT2D eigenvalue weighted by atomic mass is 32.2. The van der Waals surface area contributed by atoms with Gasteiger partial charge in [-0.3, -0.25) is 0 Å². The van der Waals surface area contributed by atoms with Crippen LogP contribution >= 0.6 is 11.8 Å². The second-order valence-electron chi connectivity index (χ2n) is 4.18. The predicted octanol–water partition coefficient (Wildman–Crippen LogP) is 1.69. The van der Waals surface area contributed by atoms with Gasteiger partial charge in [0.1, 0.15) is 0 Å². The van der Waals surface area contributed by atoms with E-state index in [-0.39, 0.29) is 0 Å². The highest BCUT2D eigenvalue weighted by Gasteiger charge is 2.06. The predicted molar refractivity (Wildman–Crippen MR) is 68.9 cm³/mol. The lowest BCUT2D eigenvalue weighted by molar-refractivity contribution is 0.197. The summed E-state index contributed by atoms with van der Waals surface area (Å²) in [4.78, 5) is 4.30. The quantitative estimate of drug-likeness (QED) is 0.681. The molecule has 5 nitrogen and oxygen atoms in total. The van der Waals surface area contributed by atoms with Crippen LogP contribution in [-0.2, 0) is 17.0 Å². The molecule has 0 bridgehead atoms. The number of nitrogens with one attached hydrogen (secondary N) is 1. The van der Waals surface area contributed by atoms with Crippen LogP contribution in [0.1, 0.15) is 25.6 Å². The number of rotatable bonds is 9. The summed E-state index contributed by atoms with van der Waals surface area (Å²) in [5, 5.41) is 7.10. The van der Waals surface area contributed by atoms with E-state index in [4.69, 9.17) is 9.26 Å². The first-order valence-electron chi connectivity index (χ1n) is 5.81. The SMILES string of the molecule is COCCNCc1nc(CSCC(C)C)no1. The zero-order valence-corrected chi connectivity index (χ0v) is 11.5. The summed E-state index contributed by atoms with van der Waals surface area (Å²) in [5.41, 5.74) is 0. The van der Waals surface area contributed by atoms with Gasteiger partial charge < -0.3 is 14.6 Å². The Morgan fingerprint density at radius 3 is 3.00 bits per heavy atom. The third-order valence-electron chi connectivity index (χ3n) is 1.95. The maximum atomic E-state index is 5.12. The third kappa shape index (κ3) is 6.65. The normalized spacial score (nSPS) is 11.3. The van der Waals surface area contributed by atoms with Gasteiger partial charge in [0.05, 0.1) is 18.9 Å². The van der Waals surface area contributed by atoms with E-state index < -0.39 is 0 Å². The molecule has 1 rings (SSSR count). The van der Waals surface area contributed by atoms with Crippen molar-refractivity contribution in [3.63, 3.8) is 0 Å². The Morgan fingerprint density at radius 2 is 2.29 bits per heavy atom. The van der Waals surface area contributed by atoms with Crippen molar-refractivity contribution in [1.82, 2.24) is 15.5 Å². The van der Waals surface area contributed by atoms with Gasteiger partial charge in [-0.15, -0.1) is 0 Å². The lowest BCUT2D eigenvalue weighted by atomic mass is 10.3. The molecular formula is C11H21N3O2S. The van der Waals surface area contributed by atoms with E-state index in [1.54, 1.807) is 7.11 Å². The van der Waals surface area contributed by atoms with Crippen molar-refractivity contribution in [3.8, 4) is 0 Å². The lowest BCUT2D eigenvalue weighted by Crippen LogP contribution is -2.18. The molecule has 0 aliphatic rings. The summed E-state index contributed by atoms with van der Waals surface area (Å²) in [7, 11) is 1.68. The first-order valence-corrected chi connectivity index (χ1v) is 6.96. The molecule has 0 saturated carbocycles. The number of ether oxygens (including phenoxy) is 1. The van der Waals surface area contributed by atoms with Crippen molar-refractivity contribution in [3.05, 3.63) is 11.7 Å². The Bertz CT molecular complexity index is 305. The van der Waals surface area contributed by atoms with Crippen molar-refractivity contribution in [2.75, 3.05) is 26.0 Å². The minimum Gasteiger partial charge on any atom is -0.383 e. The van der Waals surface area contributed by atoms with Gasteiger partial charge >= 0.3 is 0 Å². The van der Waals surface area contributed by atoms with Crippen molar-refractivity contribution in [2.45, 2.75) is 26.1 Å². The van der Waals surface area contributed by atoms with E-state index >= 15 is 0 Å². The molecule has 1 aromatic rings. The van der Waals surface area contributed by atoms with Crippen LogP contribution in [-0.4, -0.2) is 36.2 Å². The Morgan fingerprint density at radius 1 is 1.47 bits per heavy atom. The van der Waals surface area contributed by atoms with E-state index in [1.807, 2.05) is 11.8 Å². The van der Waals surface area contributed by atoms with Crippen LogP contribution in [0.2, 0.25) is 0 Å². The summed E-state index contributed by atoms with van der Waals surface area (Å²) in [6.07, 6.45) is 0. The molecule has 0 aromatic carbocycles. The summed E-state index contributed by atoms with van der Waals surface area (Å²) in [5.74, 6) is 4.05. The molecule has 0 fully saturated rings. The average molecular weight is 259 g/mol. The zero-order chi connectivity index (χ0) is 12.5. The van der Waals surface area contributed by atoms with Crippen molar-refractivity contribution in [1.29, 1.82) is 0 Å². The molecule has 0 unspecified atom stereocenters. The van der Waals surface area contributed by atoms with Crippen molar-refractivity contribution >= 4 is 11.8 Å². The van der Waals surface area contributed by atoms with E-state index in [2.05, 4.69) is 29.3 Å². The smallest absolute Gasteiger partial charge is 0.240 e. The molecule has 0 aliphatic heterocycles. The Labute approximate surface area is 107 Å². The van der Waals surface area contributed by atoms with E-state index in [1.165, 1.54) is 0 Å². The van der Waals surface area contributed by atoms with Crippen LogP contribution in [0.5, 0.6) is 0 Å². The molecule has 0 atom stereocenters. The molecule has 0 spiro atoms. The van der Waals surface area contributed by atoms with Gasteiger partial charge in [-0.1, -0.05) is 19.0 Å². The van der Waals surface area contributed by atoms with Gasteiger partial charge in [-0.05, 0) is 11.7 Å². The van der Waals surface area contributed by atoms with Crippen LogP contribution < -0.4 is 5.32 Å². The molecule has 0 amide bonds. The summed E-state index contributed by atoms with van der Waals surface area (Å²) in [6.45, 7) is 6.48. The summed E-state index contributed by atoms with van der Waals surface area (Å²) < 4.78 is 10.1. The monoisotopic (exact) mass is 259 g/mol. The summed E-state index contributed by atoms with van der Waals surface area (Å²) >= 11 is 1.83. The van der Waals surface area contributed by atoms with Crippen LogP contribution in [0.15, 0.2) is 4.52 Å². The van der Waals surface area contributed by atoms with Gasteiger partial charge in [0.15, 0.2) is 5.82 Å². The molecular weight excluding hydrogens is 238 g/mol. The molecule has 1 heterocycles. The standard InChI is InChI=1S/C11H21N3O2S/c1-9(2)7-17-8-10-13-11(16-14-10)6-12-4-5-15-3/h9,12H,4-8H2,1-3H3. The number of hydrogen-bond acceptors (Lipinski definition) is 6. The first-order chi connectivity index (χ1) is 8.22. The number of nitrogens with zero attached hydrogens (tertiary/aromatic N) is 2. The lowest BCUT2D eigenvalue weighted by Gasteiger charge is -2.00. The number of thioether (sulfide) groups is 1. The third-order valence-corrected chi connectivity index (χ3v) is 3.32. The van der Waals surface area contributed by atoms with E-state index in [9.17, 15) is 0 Å². The minimum absolute atomic E-state index is 0.602. The molecule has 0 saturated heterocycles. The maximum absolute atomic E-state index is 5.12. The molecule has 0 aliphatic carbocycles. The zero-order valence-electron chi connectivity index (χ0n) is 10.7. The average Bonchev–Trinajstić information content (AvgIpc) is 2.72. The number of methoxy groups -OCH3 is 1. The second-order valence-corrected chi connectivity index (χ2v) is 5.21. The van der Waals surface area contributed by atoms with Gasteiger partial charge in [-0.2, -0.15) is 16.7 Å². The molecule has 6 heteroatoms. The topological polar surface area (TPSA) is 60.2 Å². The Kier molecular flexibility index (Phi) is 7.23. The molecule has 0 radical (unpaired) electrons. The molecule has 1 aromatic heterocycles. The fraction of sp³-hybridized carbons (Fsp3) is 0.818. The van der Waals surface area contributed by atoms with Crippen LogP contribution in [0.3, 0.4) is 0 Å². The van der Waals surface area contributed by atoms with E-state index in [0.717, 1.165) is 23.9 Å². The van der Waals surface area contributed by atoms with Crippen molar-refractivity contribution < 1.29 is 9.26 Å². The maximum Gasteiger partial charge on any atom is 0.240 e. The van der Waals surface area contributed by atoms with Crippen LogP contribution in [0.25, 0.3) is 0 Å². The highest BCUT2D eigenvalue weighted by molar-refractivity contribution is 7.98. The molecule has 1 N–H and O–H groups in total.